The van der Waals surface area contributed by atoms with Gasteiger partial charge in [-0.1, -0.05) is 31.9 Å². The predicted molar refractivity (Wildman–Crippen MR) is 61.7 cm³/mol. The van der Waals surface area contributed by atoms with Crippen LogP contribution in [0.15, 0.2) is 11.6 Å². The Morgan fingerprint density at radius 2 is 2.29 bits per heavy atom. The van der Waals surface area contributed by atoms with Crippen LogP contribution in [0.3, 0.4) is 0 Å². The van der Waals surface area contributed by atoms with Gasteiger partial charge in [-0.2, -0.15) is 0 Å². The maximum atomic E-state index is 5.59. The Kier molecular flexibility index (Phi) is 5.20. The molecule has 0 bridgehead atoms. The molecular formula is C12H24N2. The second kappa shape index (κ2) is 6.20. The molecule has 82 valence electrons. The molecule has 2 nitrogen and oxygen atoms in total. The normalized spacial score (nSPS) is 21.5. The molecule has 0 aliphatic heterocycles. The summed E-state index contributed by atoms with van der Waals surface area (Å²) < 4.78 is 0. The minimum atomic E-state index is 0.462. The lowest BCUT2D eigenvalue weighted by atomic mass is 9.89. The highest BCUT2D eigenvalue weighted by Gasteiger charge is 2.16. The monoisotopic (exact) mass is 196 g/mol. The minimum absolute atomic E-state index is 0.462. The van der Waals surface area contributed by atoms with Crippen molar-refractivity contribution in [3.63, 3.8) is 0 Å². The second-order valence-electron chi connectivity index (χ2n) is 4.47. The molecule has 0 amide bonds. The first-order chi connectivity index (χ1) is 6.77. The van der Waals surface area contributed by atoms with E-state index in [0.29, 0.717) is 12.0 Å². The first-order valence-electron chi connectivity index (χ1n) is 5.92. The first-order valence-corrected chi connectivity index (χ1v) is 5.92. The van der Waals surface area contributed by atoms with Crippen LogP contribution in [-0.2, 0) is 0 Å². The summed E-state index contributed by atoms with van der Waals surface area (Å²) in [4.78, 5) is 0. The number of allylic oxidation sites excluding steroid dienone is 1. The molecule has 2 atom stereocenters. The van der Waals surface area contributed by atoms with Crippen LogP contribution in [0, 0.1) is 5.92 Å². The highest BCUT2D eigenvalue weighted by atomic mass is 15.2. The van der Waals surface area contributed by atoms with Crippen LogP contribution >= 0.6 is 0 Å². The van der Waals surface area contributed by atoms with Crippen LogP contribution in [0.1, 0.15) is 52.4 Å². The van der Waals surface area contributed by atoms with E-state index in [9.17, 15) is 0 Å². The van der Waals surface area contributed by atoms with Gasteiger partial charge in [-0.15, -0.1) is 0 Å². The molecule has 0 spiro atoms. The maximum absolute atomic E-state index is 5.59. The van der Waals surface area contributed by atoms with Crippen molar-refractivity contribution in [1.29, 1.82) is 0 Å². The van der Waals surface area contributed by atoms with E-state index in [2.05, 4.69) is 25.3 Å². The average molecular weight is 196 g/mol. The number of rotatable bonds is 5. The van der Waals surface area contributed by atoms with Crippen molar-refractivity contribution in [2.45, 2.75) is 58.4 Å². The third-order valence-electron chi connectivity index (χ3n) is 3.41. The highest BCUT2D eigenvalue weighted by Crippen LogP contribution is 2.24. The molecule has 2 unspecified atom stereocenters. The first kappa shape index (κ1) is 11.7. The molecule has 0 aromatic rings. The molecule has 3 N–H and O–H groups in total. The van der Waals surface area contributed by atoms with Gasteiger partial charge in [0.2, 0.25) is 0 Å². The quantitative estimate of drug-likeness (QED) is 0.403. The van der Waals surface area contributed by atoms with Gasteiger partial charge in [0.05, 0.1) is 0 Å². The average Bonchev–Trinajstić information content (AvgIpc) is 2.26. The van der Waals surface area contributed by atoms with Crippen molar-refractivity contribution >= 4 is 0 Å². The van der Waals surface area contributed by atoms with E-state index in [1.54, 1.807) is 5.57 Å². The Labute approximate surface area is 87.9 Å². The molecule has 1 rings (SSSR count). The third-order valence-corrected chi connectivity index (χ3v) is 3.41. The highest BCUT2D eigenvalue weighted by molar-refractivity contribution is 5.07. The van der Waals surface area contributed by atoms with Gasteiger partial charge in [-0.3, -0.25) is 11.3 Å². The van der Waals surface area contributed by atoms with E-state index in [4.69, 9.17) is 5.84 Å². The Bertz CT molecular complexity index is 187. The molecule has 2 heteroatoms. The summed E-state index contributed by atoms with van der Waals surface area (Å²) in [6.07, 6.45) is 10.0. The van der Waals surface area contributed by atoms with Crippen LogP contribution in [0.5, 0.6) is 0 Å². The summed E-state index contributed by atoms with van der Waals surface area (Å²) >= 11 is 0. The van der Waals surface area contributed by atoms with Crippen molar-refractivity contribution in [2.24, 2.45) is 11.8 Å². The van der Waals surface area contributed by atoms with Gasteiger partial charge in [0, 0.05) is 6.04 Å². The third kappa shape index (κ3) is 3.43. The number of hydrogen-bond donors (Lipinski definition) is 2. The fourth-order valence-electron chi connectivity index (χ4n) is 2.08. The predicted octanol–water partition coefficient (Wildman–Crippen LogP) is 2.75. The standard InChI is InChI=1S/C12H24N2/c1-3-10(2)12(14-13)9-11-7-5-4-6-8-11/h7,10,12,14H,3-6,8-9,13H2,1-2H3. The molecule has 1 aliphatic rings. The summed E-state index contributed by atoms with van der Waals surface area (Å²) in [6, 6.07) is 0.462. The van der Waals surface area contributed by atoms with Crippen molar-refractivity contribution in [3.8, 4) is 0 Å². The lowest BCUT2D eigenvalue weighted by Crippen LogP contribution is -2.40. The molecule has 0 aromatic carbocycles. The van der Waals surface area contributed by atoms with Crippen LogP contribution in [0.2, 0.25) is 0 Å². The van der Waals surface area contributed by atoms with Gasteiger partial charge in [0.1, 0.15) is 0 Å². The number of hydrogen-bond acceptors (Lipinski definition) is 2. The molecule has 0 saturated heterocycles. The summed E-state index contributed by atoms with van der Waals surface area (Å²) in [5, 5.41) is 0. The van der Waals surface area contributed by atoms with Crippen molar-refractivity contribution in [3.05, 3.63) is 11.6 Å². The molecule has 14 heavy (non-hydrogen) atoms. The Balaban J connectivity index is 2.42. The van der Waals surface area contributed by atoms with Gasteiger partial charge in [0.15, 0.2) is 0 Å². The molecule has 0 fully saturated rings. The van der Waals surface area contributed by atoms with E-state index < -0.39 is 0 Å². The second-order valence-corrected chi connectivity index (χ2v) is 4.47. The van der Waals surface area contributed by atoms with Crippen molar-refractivity contribution < 1.29 is 0 Å². The van der Waals surface area contributed by atoms with Crippen LogP contribution in [-0.4, -0.2) is 6.04 Å². The summed E-state index contributed by atoms with van der Waals surface area (Å²) in [7, 11) is 0. The van der Waals surface area contributed by atoms with Gasteiger partial charge >= 0.3 is 0 Å². The van der Waals surface area contributed by atoms with Crippen LogP contribution in [0.4, 0.5) is 0 Å². The summed E-state index contributed by atoms with van der Waals surface area (Å²) in [5.41, 5.74) is 4.57. The van der Waals surface area contributed by atoms with Gasteiger partial charge in [-0.05, 0) is 38.0 Å². The van der Waals surface area contributed by atoms with Crippen LogP contribution < -0.4 is 11.3 Å². The van der Waals surface area contributed by atoms with Crippen molar-refractivity contribution in [1.82, 2.24) is 5.43 Å². The lowest BCUT2D eigenvalue weighted by Gasteiger charge is -2.24. The zero-order valence-electron chi connectivity index (χ0n) is 9.55. The fourth-order valence-corrected chi connectivity index (χ4v) is 2.08. The SMILES string of the molecule is CCC(C)C(CC1=CCCCC1)NN. The summed E-state index contributed by atoms with van der Waals surface area (Å²) in [5.74, 6) is 6.26. The Hall–Kier alpha value is -0.340. The zero-order chi connectivity index (χ0) is 10.4. The molecule has 0 aromatic heterocycles. The molecule has 0 radical (unpaired) electrons. The molecule has 0 saturated carbocycles. The number of nitrogens with two attached hydrogens (primary N) is 1. The number of hydrazine groups is 1. The van der Waals surface area contributed by atoms with Gasteiger partial charge in [-0.25, -0.2) is 0 Å². The molecule has 0 heterocycles. The van der Waals surface area contributed by atoms with E-state index in [0.717, 1.165) is 6.42 Å². The summed E-state index contributed by atoms with van der Waals surface area (Å²) in [6.45, 7) is 4.50. The Morgan fingerprint density at radius 1 is 1.50 bits per heavy atom. The lowest BCUT2D eigenvalue weighted by molar-refractivity contribution is 0.364. The topological polar surface area (TPSA) is 38.0 Å². The largest absolute Gasteiger partial charge is 0.271 e. The molecule has 1 aliphatic carbocycles. The Morgan fingerprint density at radius 3 is 2.79 bits per heavy atom. The number of nitrogens with one attached hydrogen (secondary N) is 1. The van der Waals surface area contributed by atoms with Crippen LogP contribution in [0.25, 0.3) is 0 Å². The van der Waals surface area contributed by atoms with E-state index in [1.165, 1.54) is 32.1 Å². The van der Waals surface area contributed by atoms with E-state index in [-0.39, 0.29) is 0 Å². The van der Waals surface area contributed by atoms with E-state index in [1.807, 2.05) is 0 Å². The minimum Gasteiger partial charge on any atom is -0.271 e. The van der Waals surface area contributed by atoms with Gasteiger partial charge in [0.25, 0.3) is 0 Å². The maximum Gasteiger partial charge on any atom is 0.0273 e. The molecular weight excluding hydrogens is 172 g/mol. The fraction of sp³-hybridized carbons (Fsp3) is 0.833. The smallest absolute Gasteiger partial charge is 0.0273 e. The van der Waals surface area contributed by atoms with Crippen molar-refractivity contribution in [2.75, 3.05) is 0 Å². The van der Waals surface area contributed by atoms with E-state index >= 15 is 0 Å². The van der Waals surface area contributed by atoms with Gasteiger partial charge < -0.3 is 0 Å². The zero-order valence-corrected chi connectivity index (χ0v) is 9.55.